The number of amides is 1. The Hall–Kier alpha value is -1.71. The smallest absolute Gasteiger partial charge is 0.252 e. The van der Waals surface area contributed by atoms with E-state index in [1.165, 1.54) is 15.6 Å². The molecule has 0 spiro atoms. The summed E-state index contributed by atoms with van der Waals surface area (Å²) in [5, 5.41) is 7.06. The summed E-state index contributed by atoms with van der Waals surface area (Å²) < 4.78 is 28.9. The fourth-order valence-electron chi connectivity index (χ4n) is 3.01. The van der Waals surface area contributed by atoms with Crippen LogP contribution in [0.3, 0.4) is 0 Å². The molecule has 1 fully saturated rings. The standard InChI is InChI=1S/C16H22N4O3S2/c1-11-9-14(19(3)18-11)17-16(21)13-5-4-8-20(10-13)25(22,23)15-7-6-12(2)24-15/h6-7,9,13H,4-5,8,10H2,1-3H3,(H,17,21). The minimum absolute atomic E-state index is 0.162. The van der Waals surface area contributed by atoms with Crippen LogP contribution < -0.4 is 5.32 Å². The molecule has 3 heterocycles. The number of aromatic nitrogens is 2. The number of sulfonamides is 1. The highest BCUT2D eigenvalue weighted by Gasteiger charge is 2.34. The summed E-state index contributed by atoms with van der Waals surface area (Å²) >= 11 is 1.26. The quantitative estimate of drug-likeness (QED) is 0.878. The molecule has 1 N–H and O–H groups in total. The molecule has 136 valence electrons. The summed E-state index contributed by atoms with van der Waals surface area (Å²) in [6, 6.07) is 5.23. The second kappa shape index (κ2) is 6.89. The van der Waals surface area contributed by atoms with Crippen LogP contribution in [0, 0.1) is 19.8 Å². The number of hydrogen-bond donors (Lipinski definition) is 1. The Balaban J connectivity index is 1.72. The van der Waals surface area contributed by atoms with Crippen molar-refractivity contribution < 1.29 is 13.2 Å². The fourth-order valence-corrected chi connectivity index (χ4v) is 5.97. The van der Waals surface area contributed by atoms with Crippen LogP contribution in [-0.4, -0.2) is 41.5 Å². The van der Waals surface area contributed by atoms with Crippen LogP contribution in [0.25, 0.3) is 0 Å². The molecule has 9 heteroatoms. The number of nitrogens with one attached hydrogen (secondary N) is 1. The predicted octanol–water partition coefficient (Wildman–Crippen LogP) is 2.14. The number of rotatable bonds is 4. The molecule has 1 unspecified atom stereocenters. The third-order valence-electron chi connectivity index (χ3n) is 4.32. The topological polar surface area (TPSA) is 84.3 Å². The molecule has 0 radical (unpaired) electrons. The van der Waals surface area contributed by atoms with Crippen LogP contribution in [-0.2, 0) is 21.9 Å². The summed E-state index contributed by atoms with van der Waals surface area (Å²) in [6.45, 7) is 4.40. The van der Waals surface area contributed by atoms with Gasteiger partial charge in [-0.15, -0.1) is 11.3 Å². The van der Waals surface area contributed by atoms with E-state index in [1.807, 2.05) is 13.8 Å². The third kappa shape index (κ3) is 3.78. The Morgan fingerprint density at radius 1 is 1.36 bits per heavy atom. The van der Waals surface area contributed by atoms with Gasteiger partial charge in [-0.3, -0.25) is 9.48 Å². The van der Waals surface area contributed by atoms with Gasteiger partial charge in [0, 0.05) is 31.1 Å². The summed E-state index contributed by atoms with van der Waals surface area (Å²) in [7, 11) is -1.77. The van der Waals surface area contributed by atoms with Gasteiger partial charge in [0.15, 0.2) is 0 Å². The number of nitrogens with zero attached hydrogens (tertiary/aromatic N) is 3. The Morgan fingerprint density at radius 3 is 2.72 bits per heavy atom. The summed E-state index contributed by atoms with van der Waals surface area (Å²) in [5.74, 6) is 0.0985. The predicted molar refractivity (Wildman–Crippen MR) is 97.1 cm³/mol. The lowest BCUT2D eigenvalue weighted by Gasteiger charge is -2.30. The van der Waals surface area contributed by atoms with Gasteiger partial charge in [0.05, 0.1) is 11.6 Å². The van der Waals surface area contributed by atoms with E-state index >= 15 is 0 Å². The molecule has 25 heavy (non-hydrogen) atoms. The van der Waals surface area contributed by atoms with Crippen LogP contribution in [0.5, 0.6) is 0 Å². The summed E-state index contributed by atoms with van der Waals surface area (Å²) in [4.78, 5) is 13.5. The third-order valence-corrected chi connectivity index (χ3v) is 7.65. The lowest BCUT2D eigenvalue weighted by molar-refractivity contribution is -0.120. The number of hydrogen-bond acceptors (Lipinski definition) is 5. The van der Waals surface area contributed by atoms with Crippen LogP contribution in [0.1, 0.15) is 23.4 Å². The van der Waals surface area contributed by atoms with Gasteiger partial charge in [-0.05, 0) is 38.8 Å². The van der Waals surface area contributed by atoms with Gasteiger partial charge in [0.25, 0.3) is 10.0 Å². The number of piperidine rings is 1. The fraction of sp³-hybridized carbons (Fsp3) is 0.500. The molecule has 2 aromatic heterocycles. The van der Waals surface area contributed by atoms with E-state index in [1.54, 1.807) is 29.9 Å². The van der Waals surface area contributed by atoms with Gasteiger partial charge in [0.1, 0.15) is 10.0 Å². The molecule has 1 amide bonds. The van der Waals surface area contributed by atoms with Gasteiger partial charge in [-0.1, -0.05) is 0 Å². The largest absolute Gasteiger partial charge is 0.311 e. The van der Waals surface area contributed by atoms with Crippen molar-refractivity contribution in [2.24, 2.45) is 13.0 Å². The SMILES string of the molecule is Cc1cc(NC(=O)C2CCCN(S(=O)(=O)c3ccc(C)s3)C2)n(C)n1. The number of carbonyl (C=O) groups excluding carboxylic acids is 1. The highest BCUT2D eigenvalue weighted by Crippen LogP contribution is 2.28. The second-order valence-electron chi connectivity index (χ2n) is 6.35. The van der Waals surface area contributed by atoms with E-state index in [-0.39, 0.29) is 18.4 Å². The number of aryl methyl sites for hydroxylation is 3. The zero-order valence-corrected chi connectivity index (χ0v) is 16.2. The van der Waals surface area contributed by atoms with E-state index < -0.39 is 10.0 Å². The second-order valence-corrected chi connectivity index (χ2v) is 9.80. The van der Waals surface area contributed by atoms with E-state index in [9.17, 15) is 13.2 Å². The first-order valence-corrected chi connectivity index (χ1v) is 10.4. The van der Waals surface area contributed by atoms with Crippen LogP contribution in [0.2, 0.25) is 0 Å². The van der Waals surface area contributed by atoms with E-state index in [0.29, 0.717) is 29.4 Å². The number of carbonyl (C=O) groups is 1. The first kappa shape index (κ1) is 18.1. The lowest BCUT2D eigenvalue weighted by Crippen LogP contribution is -2.43. The van der Waals surface area contributed by atoms with Crippen molar-refractivity contribution in [3.8, 4) is 0 Å². The van der Waals surface area contributed by atoms with E-state index in [2.05, 4.69) is 10.4 Å². The maximum atomic E-state index is 12.8. The van der Waals surface area contributed by atoms with E-state index in [0.717, 1.165) is 10.6 Å². The minimum Gasteiger partial charge on any atom is -0.311 e. The normalized spacial score (nSPS) is 19.1. The lowest BCUT2D eigenvalue weighted by atomic mass is 9.99. The molecule has 1 atom stereocenters. The Morgan fingerprint density at radius 2 is 2.12 bits per heavy atom. The molecule has 1 saturated heterocycles. The number of anilines is 1. The highest BCUT2D eigenvalue weighted by molar-refractivity contribution is 7.91. The minimum atomic E-state index is -3.53. The van der Waals surface area contributed by atoms with Crippen molar-refractivity contribution in [2.75, 3.05) is 18.4 Å². The van der Waals surface area contributed by atoms with Crippen LogP contribution in [0.15, 0.2) is 22.4 Å². The van der Waals surface area contributed by atoms with Crippen molar-refractivity contribution in [2.45, 2.75) is 30.9 Å². The van der Waals surface area contributed by atoms with Crippen molar-refractivity contribution >= 4 is 33.1 Å². The van der Waals surface area contributed by atoms with Gasteiger partial charge >= 0.3 is 0 Å². The van der Waals surface area contributed by atoms with Gasteiger partial charge in [0.2, 0.25) is 5.91 Å². The molecule has 0 aromatic carbocycles. The molecule has 0 aliphatic carbocycles. The van der Waals surface area contributed by atoms with E-state index in [4.69, 9.17) is 0 Å². The monoisotopic (exact) mass is 382 g/mol. The van der Waals surface area contributed by atoms with Crippen molar-refractivity contribution in [1.29, 1.82) is 0 Å². The average molecular weight is 383 g/mol. The van der Waals surface area contributed by atoms with Crippen molar-refractivity contribution in [3.05, 3.63) is 28.8 Å². The maximum Gasteiger partial charge on any atom is 0.252 e. The first-order valence-electron chi connectivity index (χ1n) is 8.15. The maximum absolute atomic E-state index is 12.8. The van der Waals surface area contributed by atoms with Gasteiger partial charge in [-0.25, -0.2) is 8.42 Å². The highest BCUT2D eigenvalue weighted by atomic mass is 32.2. The molecule has 0 saturated carbocycles. The summed E-state index contributed by atoms with van der Waals surface area (Å²) in [5.41, 5.74) is 0.818. The Labute approximate surface area is 151 Å². The van der Waals surface area contributed by atoms with Gasteiger partial charge < -0.3 is 5.32 Å². The van der Waals surface area contributed by atoms with Crippen LogP contribution >= 0.6 is 11.3 Å². The molecular weight excluding hydrogens is 360 g/mol. The van der Waals surface area contributed by atoms with Crippen molar-refractivity contribution in [3.63, 3.8) is 0 Å². The number of thiophene rings is 1. The molecule has 2 aromatic rings. The molecule has 3 rings (SSSR count). The Bertz CT molecular complexity index is 885. The van der Waals surface area contributed by atoms with Gasteiger partial charge in [-0.2, -0.15) is 9.40 Å². The molecule has 1 aliphatic rings. The Kier molecular flexibility index (Phi) is 4.99. The zero-order valence-electron chi connectivity index (χ0n) is 14.5. The first-order chi connectivity index (χ1) is 11.8. The summed E-state index contributed by atoms with van der Waals surface area (Å²) in [6.07, 6.45) is 1.35. The van der Waals surface area contributed by atoms with Crippen LogP contribution in [0.4, 0.5) is 5.82 Å². The molecule has 1 aliphatic heterocycles. The molecule has 0 bridgehead atoms. The average Bonchev–Trinajstić information content (AvgIpc) is 3.13. The molecule has 7 nitrogen and oxygen atoms in total. The zero-order chi connectivity index (χ0) is 18.2. The molecular formula is C16H22N4O3S2. The van der Waals surface area contributed by atoms with Crippen molar-refractivity contribution in [1.82, 2.24) is 14.1 Å².